The molecule has 0 saturated carbocycles. The number of nitrogens with one attached hydrogen (secondary N) is 1. The normalized spacial score (nSPS) is 24.3. The molecular weight excluding hydrogens is 194 g/mol. The topological polar surface area (TPSA) is 79.9 Å². The highest BCUT2D eigenvalue weighted by atomic mass is 16.5. The molecule has 0 amide bonds. The molecule has 1 rings (SSSR count). The molecule has 15 heavy (non-hydrogen) atoms. The number of hydrogen-bond donors (Lipinski definition) is 3. The third kappa shape index (κ3) is 4.05. The molecule has 1 fully saturated rings. The van der Waals surface area contributed by atoms with Gasteiger partial charge in [0.05, 0.1) is 12.1 Å². The van der Waals surface area contributed by atoms with E-state index < -0.39 is 0 Å². The highest BCUT2D eigenvalue weighted by molar-refractivity contribution is 5.85. The lowest BCUT2D eigenvalue weighted by Gasteiger charge is -2.16. The quantitative estimate of drug-likeness (QED) is 0.263. The number of oxime groups is 1. The first-order chi connectivity index (χ1) is 7.27. The summed E-state index contributed by atoms with van der Waals surface area (Å²) in [5.41, 5.74) is 5.53. The molecule has 1 saturated heterocycles. The molecule has 2 atom stereocenters. The maximum absolute atomic E-state index is 8.55. The second-order valence-electron chi connectivity index (χ2n) is 3.86. The van der Waals surface area contributed by atoms with Crippen LogP contribution in [-0.2, 0) is 4.74 Å². The third-order valence-electron chi connectivity index (χ3n) is 2.76. The summed E-state index contributed by atoms with van der Waals surface area (Å²) in [6.07, 6.45) is 4.53. The van der Waals surface area contributed by atoms with Crippen LogP contribution in [-0.4, -0.2) is 36.3 Å². The Morgan fingerprint density at radius 2 is 2.53 bits per heavy atom. The molecule has 5 nitrogen and oxygen atoms in total. The number of ether oxygens (including phenoxy) is 1. The number of nitrogens with two attached hydrogens (primary N) is 1. The summed E-state index contributed by atoms with van der Waals surface area (Å²) in [6.45, 7) is 3.74. The fourth-order valence-corrected chi connectivity index (χ4v) is 1.82. The summed E-state index contributed by atoms with van der Waals surface area (Å²) in [6, 6.07) is -0.0311. The van der Waals surface area contributed by atoms with E-state index in [2.05, 4.69) is 10.5 Å². The lowest BCUT2D eigenvalue weighted by Crippen LogP contribution is -2.42. The van der Waals surface area contributed by atoms with Gasteiger partial charge in [0.15, 0.2) is 5.84 Å². The van der Waals surface area contributed by atoms with E-state index in [1.807, 2.05) is 6.92 Å². The Balaban J connectivity index is 2.16. The second-order valence-corrected chi connectivity index (χ2v) is 3.86. The number of nitrogens with zero attached hydrogens (tertiary/aromatic N) is 1. The first-order valence-electron chi connectivity index (χ1n) is 5.60. The Kier molecular flexibility index (Phi) is 5.42. The van der Waals surface area contributed by atoms with E-state index in [-0.39, 0.29) is 11.9 Å². The van der Waals surface area contributed by atoms with Gasteiger partial charge >= 0.3 is 0 Å². The van der Waals surface area contributed by atoms with E-state index in [1.165, 1.54) is 6.42 Å². The van der Waals surface area contributed by atoms with Gasteiger partial charge < -0.3 is 21.0 Å². The zero-order chi connectivity index (χ0) is 11.1. The van der Waals surface area contributed by atoms with Gasteiger partial charge in [-0.2, -0.15) is 0 Å². The molecule has 0 radical (unpaired) electrons. The van der Waals surface area contributed by atoms with Crippen molar-refractivity contribution in [3.8, 4) is 0 Å². The SMILES string of the molecule is CCC(NCCC1CCCO1)C(N)=NO. The van der Waals surface area contributed by atoms with E-state index in [0.29, 0.717) is 6.10 Å². The van der Waals surface area contributed by atoms with Gasteiger partial charge in [-0.15, -0.1) is 0 Å². The van der Waals surface area contributed by atoms with Crippen LogP contribution in [0, 0.1) is 0 Å². The molecule has 88 valence electrons. The molecule has 0 aromatic heterocycles. The van der Waals surface area contributed by atoms with Gasteiger partial charge in [-0.3, -0.25) is 0 Å². The van der Waals surface area contributed by atoms with Gasteiger partial charge in [-0.05, 0) is 32.2 Å². The van der Waals surface area contributed by atoms with Gasteiger partial charge in [0, 0.05) is 6.61 Å². The van der Waals surface area contributed by atoms with Crippen molar-refractivity contribution in [1.82, 2.24) is 5.32 Å². The zero-order valence-corrected chi connectivity index (χ0v) is 9.28. The van der Waals surface area contributed by atoms with Crippen molar-refractivity contribution in [2.24, 2.45) is 10.9 Å². The molecule has 0 aromatic rings. The predicted molar refractivity (Wildman–Crippen MR) is 59.1 cm³/mol. The molecule has 0 spiro atoms. The molecule has 1 aliphatic heterocycles. The Morgan fingerprint density at radius 3 is 3.07 bits per heavy atom. The second kappa shape index (κ2) is 6.63. The van der Waals surface area contributed by atoms with E-state index in [1.54, 1.807) is 0 Å². The van der Waals surface area contributed by atoms with Gasteiger partial charge in [0.25, 0.3) is 0 Å². The van der Waals surface area contributed by atoms with E-state index >= 15 is 0 Å². The minimum absolute atomic E-state index is 0.0311. The van der Waals surface area contributed by atoms with Crippen LogP contribution >= 0.6 is 0 Å². The average molecular weight is 215 g/mol. The van der Waals surface area contributed by atoms with Crippen molar-refractivity contribution in [3.05, 3.63) is 0 Å². The smallest absolute Gasteiger partial charge is 0.156 e. The van der Waals surface area contributed by atoms with Crippen molar-refractivity contribution >= 4 is 5.84 Å². The summed E-state index contributed by atoms with van der Waals surface area (Å²) >= 11 is 0. The first-order valence-corrected chi connectivity index (χ1v) is 5.60. The summed E-state index contributed by atoms with van der Waals surface area (Å²) < 4.78 is 5.50. The molecule has 1 heterocycles. The van der Waals surface area contributed by atoms with Crippen molar-refractivity contribution in [1.29, 1.82) is 0 Å². The van der Waals surface area contributed by atoms with Gasteiger partial charge in [-0.25, -0.2) is 0 Å². The van der Waals surface area contributed by atoms with Crippen LogP contribution < -0.4 is 11.1 Å². The van der Waals surface area contributed by atoms with Gasteiger partial charge in [0.2, 0.25) is 0 Å². The van der Waals surface area contributed by atoms with Crippen LogP contribution in [0.5, 0.6) is 0 Å². The highest BCUT2D eigenvalue weighted by Crippen LogP contribution is 2.14. The summed E-state index contributed by atoms with van der Waals surface area (Å²) in [5, 5.41) is 14.8. The number of amidine groups is 1. The minimum Gasteiger partial charge on any atom is -0.409 e. The van der Waals surface area contributed by atoms with E-state index in [0.717, 1.165) is 32.4 Å². The lowest BCUT2D eigenvalue weighted by molar-refractivity contribution is 0.104. The van der Waals surface area contributed by atoms with Crippen molar-refractivity contribution in [2.75, 3.05) is 13.2 Å². The summed E-state index contributed by atoms with van der Waals surface area (Å²) in [7, 11) is 0. The van der Waals surface area contributed by atoms with Crippen LogP contribution in [0.15, 0.2) is 5.16 Å². The monoisotopic (exact) mass is 215 g/mol. The molecule has 0 bridgehead atoms. The molecule has 0 aliphatic carbocycles. The summed E-state index contributed by atoms with van der Waals surface area (Å²) in [5.74, 6) is 0.254. The average Bonchev–Trinajstić information content (AvgIpc) is 2.76. The van der Waals surface area contributed by atoms with Crippen LogP contribution in [0.3, 0.4) is 0 Å². The van der Waals surface area contributed by atoms with Crippen molar-refractivity contribution in [3.63, 3.8) is 0 Å². The van der Waals surface area contributed by atoms with Gasteiger partial charge in [-0.1, -0.05) is 12.1 Å². The van der Waals surface area contributed by atoms with Crippen LogP contribution in [0.2, 0.25) is 0 Å². The van der Waals surface area contributed by atoms with Gasteiger partial charge in [0.1, 0.15) is 0 Å². The Labute approximate surface area is 90.7 Å². The van der Waals surface area contributed by atoms with Crippen LogP contribution in [0.25, 0.3) is 0 Å². The number of hydrogen-bond acceptors (Lipinski definition) is 4. The van der Waals surface area contributed by atoms with Crippen LogP contribution in [0.4, 0.5) is 0 Å². The fraction of sp³-hybridized carbons (Fsp3) is 0.900. The Bertz CT molecular complexity index is 203. The maximum atomic E-state index is 8.55. The molecule has 4 N–H and O–H groups in total. The van der Waals surface area contributed by atoms with Crippen LogP contribution in [0.1, 0.15) is 32.6 Å². The molecule has 5 heteroatoms. The zero-order valence-electron chi connectivity index (χ0n) is 9.28. The Morgan fingerprint density at radius 1 is 1.73 bits per heavy atom. The maximum Gasteiger partial charge on any atom is 0.156 e. The first kappa shape index (κ1) is 12.3. The van der Waals surface area contributed by atoms with Crippen molar-refractivity contribution in [2.45, 2.75) is 44.8 Å². The van der Waals surface area contributed by atoms with Crippen molar-refractivity contribution < 1.29 is 9.94 Å². The number of rotatable bonds is 6. The lowest BCUT2D eigenvalue weighted by atomic mass is 10.1. The van der Waals surface area contributed by atoms with E-state index in [4.69, 9.17) is 15.7 Å². The highest BCUT2D eigenvalue weighted by Gasteiger charge is 2.16. The summed E-state index contributed by atoms with van der Waals surface area (Å²) in [4.78, 5) is 0. The predicted octanol–water partition coefficient (Wildman–Crippen LogP) is 0.670. The largest absolute Gasteiger partial charge is 0.409 e. The fourth-order valence-electron chi connectivity index (χ4n) is 1.82. The molecule has 0 aromatic carbocycles. The Hall–Kier alpha value is -0.810. The standard InChI is InChI=1S/C10H21N3O2/c1-2-9(10(11)13-14)12-6-5-8-4-3-7-15-8/h8-9,12,14H,2-7H2,1H3,(H2,11,13). The van der Waals surface area contributed by atoms with E-state index in [9.17, 15) is 0 Å². The minimum atomic E-state index is -0.0311. The molecular formula is C10H21N3O2. The third-order valence-corrected chi connectivity index (χ3v) is 2.76. The molecule has 2 unspecified atom stereocenters. The molecule has 1 aliphatic rings.